The van der Waals surface area contributed by atoms with Crippen LogP contribution in [0.3, 0.4) is 0 Å². The van der Waals surface area contributed by atoms with Crippen molar-refractivity contribution in [2.75, 3.05) is 19.8 Å². The van der Waals surface area contributed by atoms with Crippen molar-refractivity contribution in [3.63, 3.8) is 0 Å². The highest BCUT2D eigenvalue weighted by Crippen LogP contribution is 2.26. The molecule has 1 aromatic heterocycles. The monoisotopic (exact) mass is 346 g/mol. The molecule has 0 spiro atoms. The summed E-state index contributed by atoms with van der Waals surface area (Å²) in [7, 11) is -4.07. The molecule has 1 fully saturated rings. The molecular formula is C14H22N2O6S. The van der Waals surface area contributed by atoms with E-state index in [9.17, 15) is 18.3 Å². The molecule has 9 heteroatoms. The second-order valence-corrected chi connectivity index (χ2v) is 7.35. The molecule has 130 valence electrons. The highest BCUT2D eigenvalue weighted by Gasteiger charge is 2.31. The first kappa shape index (κ1) is 17.9. The molecule has 1 aliphatic rings. The lowest BCUT2D eigenvalue weighted by molar-refractivity contribution is -0.0887. The van der Waals surface area contributed by atoms with E-state index in [-0.39, 0.29) is 35.1 Å². The lowest BCUT2D eigenvalue weighted by Crippen LogP contribution is -2.42. The Bertz CT molecular complexity index is 688. The smallest absolute Gasteiger partial charge is 0.256 e. The van der Waals surface area contributed by atoms with Crippen LogP contribution >= 0.6 is 0 Å². The van der Waals surface area contributed by atoms with Gasteiger partial charge < -0.3 is 19.6 Å². The maximum atomic E-state index is 12.3. The lowest BCUT2D eigenvalue weighted by Gasteiger charge is -2.31. The van der Waals surface area contributed by atoms with Crippen molar-refractivity contribution in [3.05, 3.63) is 17.1 Å². The van der Waals surface area contributed by atoms with Crippen molar-refractivity contribution < 1.29 is 27.5 Å². The molecule has 0 radical (unpaired) electrons. The number of carbonyl (C=O) groups is 1. The number of rotatable bonds is 5. The van der Waals surface area contributed by atoms with Gasteiger partial charge in [0.2, 0.25) is 10.0 Å². The third-order valence-electron chi connectivity index (χ3n) is 3.89. The Hall–Kier alpha value is -1.42. The van der Waals surface area contributed by atoms with E-state index in [0.717, 1.165) is 6.42 Å². The standard InChI is InChI=1S/C14H22N2O6S/c1-9-11(12(10(2)22-9)23(15,19)20)13(17)16-6-5-14(18)4-3-7-21-8-14/h18H,3-8H2,1-2H3,(H,16,17)(H2,15,19,20). The quantitative estimate of drug-likeness (QED) is 0.698. The predicted octanol–water partition coefficient (Wildman–Crippen LogP) is 0.205. The van der Waals surface area contributed by atoms with Gasteiger partial charge in [-0.25, -0.2) is 13.6 Å². The number of carbonyl (C=O) groups excluding carboxylic acids is 1. The van der Waals surface area contributed by atoms with Crippen LogP contribution in [0, 0.1) is 13.8 Å². The number of hydrogen-bond acceptors (Lipinski definition) is 6. The molecule has 2 heterocycles. The largest absolute Gasteiger partial charge is 0.464 e. The topological polar surface area (TPSA) is 132 Å². The van der Waals surface area contributed by atoms with Gasteiger partial charge in [-0.15, -0.1) is 0 Å². The minimum absolute atomic E-state index is 0.0782. The van der Waals surface area contributed by atoms with Crippen molar-refractivity contribution in [2.24, 2.45) is 5.14 Å². The normalized spacial score (nSPS) is 22.1. The average molecular weight is 346 g/mol. The van der Waals surface area contributed by atoms with E-state index in [1.54, 1.807) is 0 Å². The van der Waals surface area contributed by atoms with E-state index in [1.807, 2.05) is 0 Å². The van der Waals surface area contributed by atoms with Gasteiger partial charge >= 0.3 is 0 Å². The summed E-state index contributed by atoms with van der Waals surface area (Å²) in [6.07, 6.45) is 1.69. The molecule has 1 amide bonds. The van der Waals surface area contributed by atoms with Gasteiger partial charge in [0.15, 0.2) is 0 Å². The number of ether oxygens (including phenoxy) is 1. The van der Waals surface area contributed by atoms with Gasteiger partial charge in [-0.2, -0.15) is 0 Å². The molecule has 4 N–H and O–H groups in total. The molecule has 8 nitrogen and oxygen atoms in total. The molecule has 1 saturated heterocycles. The fourth-order valence-corrected chi connectivity index (χ4v) is 3.76. The van der Waals surface area contributed by atoms with Crippen molar-refractivity contribution in [2.45, 2.75) is 43.6 Å². The van der Waals surface area contributed by atoms with Gasteiger partial charge in [0.1, 0.15) is 22.0 Å². The van der Waals surface area contributed by atoms with Crippen LogP contribution in [-0.4, -0.2) is 44.8 Å². The summed E-state index contributed by atoms with van der Waals surface area (Å²) in [6, 6.07) is 0. The molecule has 2 rings (SSSR count). The third-order valence-corrected chi connectivity index (χ3v) is 4.95. The number of furan rings is 1. The van der Waals surface area contributed by atoms with Gasteiger partial charge in [0.25, 0.3) is 5.91 Å². The zero-order valence-corrected chi connectivity index (χ0v) is 14.0. The third kappa shape index (κ3) is 4.11. The van der Waals surface area contributed by atoms with Crippen LogP contribution < -0.4 is 10.5 Å². The fourth-order valence-electron chi connectivity index (χ4n) is 2.80. The van der Waals surface area contributed by atoms with Crippen molar-refractivity contribution in [3.8, 4) is 0 Å². The summed E-state index contributed by atoms with van der Waals surface area (Å²) in [6.45, 7) is 3.98. The van der Waals surface area contributed by atoms with Crippen molar-refractivity contribution in [1.82, 2.24) is 5.32 Å². The van der Waals surface area contributed by atoms with E-state index >= 15 is 0 Å². The Morgan fingerprint density at radius 3 is 2.65 bits per heavy atom. The van der Waals surface area contributed by atoms with Gasteiger partial charge in [0, 0.05) is 13.2 Å². The van der Waals surface area contributed by atoms with E-state index < -0.39 is 21.5 Å². The zero-order chi connectivity index (χ0) is 17.3. The summed E-state index contributed by atoms with van der Waals surface area (Å²) in [5.41, 5.74) is -1.05. The fraction of sp³-hybridized carbons (Fsp3) is 0.643. The maximum absolute atomic E-state index is 12.3. The van der Waals surface area contributed by atoms with Gasteiger partial charge in [-0.3, -0.25) is 4.79 Å². The van der Waals surface area contributed by atoms with Crippen LogP contribution in [0.15, 0.2) is 9.31 Å². The lowest BCUT2D eigenvalue weighted by atomic mass is 9.93. The molecule has 0 bridgehead atoms. The number of aryl methyl sites for hydroxylation is 2. The maximum Gasteiger partial charge on any atom is 0.256 e. The molecule has 1 aliphatic heterocycles. The summed E-state index contributed by atoms with van der Waals surface area (Å²) in [5.74, 6) is -0.332. The summed E-state index contributed by atoms with van der Waals surface area (Å²) in [5, 5.41) is 18.0. The van der Waals surface area contributed by atoms with Crippen LogP contribution in [0.1, 0.15) is 41.1 Å². The average Bonchev–Trinajstić information content (AvgIpc) is 2.74. The van der Waals surface area contributed by atoms with E-state index in [0.29, 0.717) is 19.4 Å². The van der Waals surface area contributed by atoms with Crippen LogP contribution in [0.5, 0.6) is 0 Å². The van der Waals surface area contributed by atoms with E-state index in [2.05, 4.69) is 5.32 Å². The predicted molar refractivity (Wildman–Crippen MR) is 81.5 cm³/mol. The molecule has 23 heavy (non-hydrogen) atoms. The Morgan fingerprint density at radius 2 is 2.09 bits per heavy atom. The van der Waals surface area contributed by atoms with Crippen LogP contribution in [-0.2, 0) is 14.8 Å². The molecule has 0 aromatic carbocycles. The number of hydrogen-bond donors (Lipinski definition) is 3. The first-order valence-corrected chi connectivity index (χ1v) is 8.90. The molecule has 1 unspecified atom stereocenters. The number of amides is 1. The SMILES string of the molecule is Cc1oc(C)c(S(N)(=O)=O)c1C(=O)NCCC1(O)CCCOC1. The Balaban J connectivity index is 2.07. The molecule has 1 atom stereocenters. The summed E-state index contributed by atoms with van der Waals surface area (Å²) < 4.78 is 33.8. The van der Waals surface area contributed by atoms with Crippen molar-refractivity contribution in [1.29, 1.82) is 0 Å². The number of nitrogens with two attached hydrogens (primary N) is 1. The summed E-state index contributed by atoms with van der Waals surface area (Å²) in [4.78, 5) is 12.0. The van der Waals surface area contributed by atoms with Gasteiger partial charge in [0.05, 0.1) is 12.2 Å². The first-order chi connectivity index (χ1) is 10.6. The second-order valence-electron chi connectivity index (χ2n) is 5.85. The molecule has 0 saturated carbocycles. The number of sulfonamides is 1. The van der Waals surface area contributed by atoms with E-state index in [4.69, 9.17) is 14.3 Å². The molecule has 0 aliphatic carbocycles. The minimum atomic E-state index is -4.07. The Kier molecular flexibility index (Phi) is 5.14. The number of aliphatic hydroxyl groups is 1. The highest BCUT2D eigenvalue weighted by atomic mass is 32.2. The highest BCUT2D eigenvalue weighted by molar-refractivity contribution is 7.89. The second kappa shape index (κ2) is 6.60. The minimum Gasteiger partial charge on any atom is -0.464 e. The Labute approximate surface area is 135 Å². The molecule has 1 aromatic rings. The van der Waals surface area contributed by atoms with Crippen LogP contribution in [0.25, 0.3) is 0 Å². The molecular weight excluding hydrogens is 324 g/mol. The van der Waals surface area contributed by atoms with Gasteiger partial charge in [-0.1, -0.05) is 0 Å². The number of nitrogens with one attached hydrogen (secondary N) is 1. The first-order valence-electron chi connectivity index (χ1n) is 7.35. The van der Waals surface area contributed by atoms with Gasteiger partial charge in [-0.05, 0) is 33.1 Å². The van der Waals surface area contributed by atoms with Crippen LogP contribution in [0.4, 0.5) is 0 Å². The summed E-state index contributed by atoms with van der Waals surface area (Å²) >= 11 is 0. The number of primary sulfonamides is 1. The van der Waals surface area contributed by atoms with E-state index in [1.165, 1.54) is 13.8 Å². The zero-order valence-electron chi connectivity index (χ0n) is 13.2. The Morgan fingerprint density at radius 1 is 1.39 bits per heavy atom. The van der Waals surface area contributed by atoms with Crippen molar-refractivity contribution >= 4 is 15.9 Å². The van der Waals surface area contributed by atoms with Crippen LogP contribution in [0.2, 0.25) is 0 Å².